The first-order chi connectivity index (χ1) is 16.6. The summed E-state index contributed by atoms with van der Waals surface area (Å²) in [6.07, 6.45) is -0.0353. The Bertz CT molecular complexity index is 1350. The van der Waals surface area contributed by atoms with Crippen LogP contribution in [0.2, 0.25) is 0 Å². The Kier molecular flexibility index (Phi) is 6.53. The summed E-state index contributed by atoms with van der Waals surface area (Å²) in [6.45, 7) is 11.8. The van der Waals surface area contributed by atoms with Crippen LogP contribution in [0.25, 0.3) is 5.76 Å². The number of aliphatic hydroxyl groups excluding tert-OH is 1. The monoisotopic (exact) mass is 469 g/mol. The molecule has 5 heteroatoms. The Balaban J connectivity index is 1.95. The van der Waals surface area contributed by atoms with Gasteiger partial charge < -0.3 is 9.84 Å². The molecule has 1 atom stereocenters. The van der Waals surface area contributed by atoms with E-state index in [1.165, 1.54) is 4.90 Å². The number of hydrogen-bond acceptors (Lipinski definition) is 4. The molecule has 1 N–H and O–H groups in total. The van der Waals surface area contributed by atoms with Gasteiger partial charge in [0.15, 0.2) is 0 Å². The fourth-order valence-corrected chi connectivity index (χ4v) is 4.36. The number of ether oxygens (including phenoxy) is 1. The van der Waals surface area contributed by atoms with Crippen LogP contribution in [-0.2, 0) is 9.59 Å². The van der Waals surface area contributed by atoms with Crippen molar-refractivity contribution in [3.63, 3.8) is 0 Å². The molecular formula is C30H31NO4. The standard InChI is InChI=1S/C30H31NO4/c1-17(2)35-25-9-7-8-22(16-25)27-26(28(32)23-12-10-18(3)20(5)14-23)29(33)30(34)31(27)24-13-11-19(4)21(6)15-24/h7-17,27,32H,1-6H3/b28-26+. The Labute approximate surface area is 206 Å². The number of carbonyl (C=O) groups excluding carboxylic acids is 2. The third kappa shape index (κ3) is 4.59. The first-order valence-electron chi connectivity index (χ1n) is 11.8. The highest BCUT2D eigenvalue weighted by molar-refractivity contribution is 6.51. The van der Waals surface area contributed by atoms with Crippen LogP contribution in [0.4, 0.5) is 5.69 Å². The van der Waals surface area contributed by atoms with E-state index >= 15 is 0 Å². The maximum atomic E-state index is 13.4. The van der Waals surface area contributed by atoms with Crippen LogP contribution < -0.4 is 9.64 Å². The number of rotatable bonds is 5. The molecule has 0 saturated carbocycles. The van der Waals surface area contributed by atoms with Gasteiger partial charge in [-0.1, -0.05) is 30.3 Å². The molecule has 5 nitrogen and oxygen atoms in total. The Morgan fingerprint density at radius 3 is 2.14 bits per heavy atom. The molecule has 1 unspecified atom stereocenters. The predicted octanol–water partition coefficient (Wildman–Crippen LogP) is 6.33. The molecule has 0 aromatic heterocycles. The lowest BCUT2D eigenvalue weighted by atomic mass is 9.94. The predicted molar refractivity (Wildman–Crippen MR) is 139 cm³/mol. The molecule has 4 rings (SSSR count). The number of Topliss-reactive ketones (excluding diaryl/α,β-unsaturated/α-hetero) is 1. The van der Waals surface area contributed by atoms with Gasteiger partial charge >= 0.3 is 0 Å². The van der Waals surface area contributed by atoms with E-state index in [0.717, 1.165) is 22.3 Å². The molecule has 0 bridgehead atoms. The summed E-state index contributed by atoms with van der Waals surface area (Å²) in [4.78, 5) is 28.3. The highest BCUT2D eigenvalue weighted by atomic mass is 16.5. The van der Waals surface area contributed by atoms with E-state index in [4.69, 9.17) is 4.74 Å². The van der Waals surface area contributed by atoms with E-state index in [2.05, 4.69) is 0 Å². The van der Waals surface area contributed by atoms with Crippen molar-refractivity contribution in [2.75, 3.05) is 4.90 Å². The molecule has 180 valence electrons. The minimum absolute atomic E-state index is 0.0353. The van der Waals surface area contributed by atoms with Gasteiger partial charge in [0.2, 0.25) is 0 Å². The second-order valence-corrected chi connectivity index (χ2v) is 9.48. The first kappa shape index (κ1) is 24.3. The molecule has 1 heterocycles. The number of carbonyl (C=O) groups is 2. The topological polar surface area (TPSA) is 66.8 Å². The molecule has 1 saturated heterocycles. The van der Waals surface area contributed by atoms with Crippen molar-refractivity contribution in [3.8, 4) is 5.75 Å². The van der Waals surface area contributed by atoms with Gasteiger partial charge in [-0.25, -0.2) is 0 Å². The normalized spacial score (nSPS) is 17.3. The summed E-state index contributed by atoms with van der Waals surface area (Å²) < 4.78 is 5.89. The van der Waals surface area contributed by atoms with E-state index in [-0.39, 0.29) is 17.4 Å². The lowest BCUT2D eigenvalue weighted by molar-refractivity contribution is -0.132. The molecule has 0 spiro atoms. The molecular weight excluding hydrogens is 438 g/mol. The van der Waals surface area contributed by atoms with Crippen LogP contribution in [0.5, 0.6) is 5.75 Å². The average Bonchev–Trinajstić information content (AvgIpc) is 3.07. The number of aryl methyl sites for hydroxylation is 4. The van der Waals surface area contributed by atoms with Crippen LogP contribution >= 0.6 is 0 Å². The maximum Gasteiger partial charge on any atom is 0.300 e. The Hall–Kier alpha value is -3.86. The summed E-state index contributed by atoms with van der Waals surface area (Å²) >= 11 is 0. The number of anilines is 1. The number of amides is 1. The SMILES string of the molecule is Cc1ccc(/C(O)=C2\C(=O)C(=O)N(c3ccc(C)c(C)c3)C2c2cccc(OC(C)C)c2)cc1C. The quantitative estimate of drug-likeness (QED) is 0.269. The summed E-state index contributed by atoms with van der Waals surface area (Å²) in [5.74, 6) is -0.926. The number of benzene rings is 3. The van der Waals surface area contributed by atoms with Gasteiger partial charge in [-0.05, 0) is 99.7 Å². The van der Waals surface area contributed by atoms with Gasteiger partial charge in [0, 0.05) is 11.3 Å². The molecule has 0 aliphatic carbocycles. The number of ketones is 1. The summed E-state index contributed by atoms with van der Waals surface area (Å²) in [5.41, 5.74) is 6.02. The number of hydrogen-bond donors (Lipinski definition) is 1. The molecule has 1 aliphatic heterocycles. The number of aliphatic hydroxyl groups is 1. The molecule has 35 heavy (non-hydrogen) atoms. The van der Waals surface area contributed by atoms with E-state index in [1.54, 1.807) is 6.07 Å². The Morgan fingerprint density at radius 2 is 1.51 bits per heavy atom. The minimum Gasteiger partial charge on any atom is -0.507 e. The summed E-state index contributed by atoms with van der Waals surface area (Å²) in [6, 6.07) is 17.7. The Morgan fingerprint density at radius 1 is 0.857 bits per heavy atom. The van der Waals surface area contributed by atoms with Gasteiger partial charge in [0.1, 0.15) is 11.5 Å². The van der Waals surface area contributed by atoms with Crippen molar-refractivity contribution in [3.05, 3.63) is 99.6 Å². The highest BCUT2D eigenvalue weighted by Crippen LogP contribution is 2.43. The van der Waals surface area contributed by atoms with Gasteiger partial charge in [0.05, 0.1) is 17.7 Å². The third-order valence-electron chi connectivity index (χ3n) is 6.54. The zero-order valence-electron chi connectivity index (χ0n) is 21.0. The zero-order chi connectivity index (χ0) is 25.4. The maximum absolute atomic E-state index is 13.4. The van der Waals surface area contributed by atoms with Crippen molar-refractivity contribution in [2.24, 2.45) is 0 Å². The molecule has 1 amide bonds. The van der Waals surface area contributed by atoms with E-state index in [1.807, 2.05) is 96.1 Å². The highest BCUT2D eigenvalue weighted by Gasteiger charge is 2.47. The molecule has 3 aromatic carbocycles. The molecule has 3 aromatic rings. The smallest absolute Gasteiger partial charge is 0.300 e. The molecule has 1 fully saturated rings. The van der Waals surface area contributed by atoms with Crippen molar-refractivity contribution in [1.82, 2.24) is 0 Å². The first-order valence-corrected chi connectivity index (χ1v) is 11.8. The van der Waals surface area contributed by atoms with Crippen molar-refractivity contribution in [2.45, 2.75) is 53.7 Å². The van der Waals surface area contributed by atoms with Crippen LogP contribution in [0.3, 0.4) is 0 Å². The van der Waals surface area contributed by atoms with Crippen molar-refractivity contribution >= 4 is 23.1 Å². The summed E-state index contributed by atoms with van der Waals surface area (Å²) in [7, 11) is 0. The fraction of sp³-hybridized carbons (Fsp3) is 0.267. The summed E-state index contributed by atoms with van der Waals surface area (Å²) in [5, 5.41) is 11.4. The van der Waals surface area contributed by atoms with Crippen molar-refractivity contribution in [1.29, 1.82) is 0 Å². The third-order valence-corrected chi connectivity index (χ3v) is 6.54. The largest absolute Gasteiger partial charge is 0.507 e. The van der Waals surface area contributed by atoms with Crippen LogP contribution in [0, 0.1) is 27.7 Å². The minimum atomic E-state index is -0.797. The second kappa shape index (κ2) is 9.41. The van der Waals surface area contributed by atoms with Crippen LogP contribution in [0.1, 0.15) is 53.3 Å². The lowest BCUT2D eigenvalue weighted by Crippen LogP contribution is -2.29. The second-order valence-electron chi connectivity index (χ2n) is 9.48. The van der Waals surface area contributed by atoms with Gasteiger partial charge in [-0.15, -0.1) is 0 Å². The van der Waals surface area contributed by atoms with Crippen LogP contribution in [0.15, 0.2) is 66.2 Å². The lowest BCUT2D eigenvalue weighted by Gasteiger charge is -2.26. The van der Waals surface area contributed by atoms with E-state index in [0.29, 0.717) is 22.6 Å². The van der Waals surface area contributed by atoms with Crippen LogP contribution in [-0.4, -0.2) is 22.9 Å². The van der Waals surface area contributed by atoms with Gasteiger partial charge in [0.25, 0.3) is 11.7 Å². The van der Waals surface area contributed by atoms with E-state index < -0.39 is 17.7 Å². The van der Waals surface area contributed by atoms with Gasteiger partial charge in [-0.2, -0.15) is 0 Å². The van der Waals surface area contributed by atoms with Gasteiger partial charge in [-0.3, -0.25) is 14.5 Å². The zero-order valence-corrected chi connectivity index (χ0v) is 21.0. The number of nitrogens with zero attached hydrogens (tertiary/aromatic N) is 1. The van der Waals surface area contributed by atoms with Crippen molar-refractivity contribution < 1.29 is 19.4 Å². The average molecular weight is 470 g/mol. The fourth-order valence-electron chi connectivity index (χ4n) is 4.36. The molecule has 1 aliphatic rings. The van der Waals surface area contributed by atoms with E-state index in [9.17, 15) is 14.7 Å². The molecule has 0 radical (unpaired) electrons.